The Bertz CT molecular complexity index is 456. The topological polar surface area (TPSA) is 35.5 Å². The molecule has 0 radical (unpaired) electrons. The molecule has 1 rings (SSSR count). The highest BCUT2D eigenvalue weighted by Gasteiger charge is 2.34. The van der Waals surface area contributed by atoms with Gasteiger partial charge in [0, 0.05) is 0 Å². The van der Waals surface area contributed by atoms with Crippen molar-refractivity contribution in [1.82, 2.24) is 0 Å². The molecule has 0 atom stereocenters. The summed E-state index contributed by atoms with van der Waals surface area (Å²) < 4.78 is 69.8. The minimum atomic E-state index is -5.13. The number of carbonyl (C=O) groups is 1. The summed E-state index contributed by atoms with van der Waals surface area (Å²) in [6.07, 6.45) is -8.44. The first kappa shape index (κ1) is 15.2. The van der Waals surface area contributed by atoms with E-state index < -0.39 is 35.6 Å². The molecule has 1 aromatic rings. The Kier molecular flexibility index (Phi) is 4.68. The number of rotatable bonds is 4. The molecule has 1 aromatic carbocycles. The second kappa shape index (κ2) is 5.85. The van der Waals surface area contributed by atoms with Crippen molar-refractivity contribution in [3.8, 4) is 5.75 Å². The molecule has 106 valence electrons. The average molecular weight is 284 g/mol. The summed E-state index contributed by atoms with van der Waals surface area (Å²) >= 11 is 0. The molecule has 0 unspecified atom stereocenters. The van der Waals surface area contributed by atoms with Gasteiger partial charge in [-0.2, -0.15) is 0 Å². The molecule has 0 aliphatic carbocycles. The fourth-order valence-electron chi connectivity index (χ4n) is 1.37. The molecule has 3 nitrogen and oxygen atoms in total. The Balaban J connectivity index is 3.26. The van der Waals surface area contributed by atoms with Gasteiger partial charge in [0.15, 0.2) is 0 Å². The van der Waals surface area contributed by atoms with E-state index in [-0.39, 0.29) is 6.61 Å². The van der Waals surface area contributed by atoms with Gasteiger partial charge in [-0.15, -0.1) is 13.2 Å². The summed E-state index contributed by atoms with van der Waals surface area (Å²) in [6.45, 7) is 1.35. The lowest BCUT2D eigenvalue weighted by molar-refractivity contribution is -0.275. The van der Waals surface area contributed by atoms with Crippen LogP contribution in [0.1, 0.15) is 29.3 Å². The highest BCUT2D eigenvalue weighted by Crippen LogP contribution is 2.35. The second-order valence-corrected chi connectivity index (χ2v) is 3.29. The van der Waals surface area contributed by atoms with E-state index in [1.807, 2.05) is 0 Å². The molecular formula is C11H9F5O3. The SMILES string of the molecule is CCOC(=O)c1cccc(OC(F)(F)F)c1C(F)F. The third-order valence-electron chi connectivity index (χ3n) is 2.01. The third-order valence-corrected chi connectivity index (χ3v) is 2.01. The summed E-state index contributed by atoms with van der Waals surface area (Å²) in [7, 11) is 0. The van der Waals surface area contributed by atoms with Crippen LogP contribution in [-0.4, -0.2) is 18.9 Å². The van der Waals surface area contributed by atoms with Gasteiger partial charge in [0.1, 0.15) is 5.75 Å². The molecule has 0 saturated carbocycles. The molecule has 0 bridgehead atoms. The van der Waals surface area contributed by atoms with Crippen LogP contribution in [0.25, 0.3) is 0 Å². The fraction of sp³-hybridized carbons (Fsp3) is 0.364. The maximum atomic E-state index is 12.8. The zero-order valence-electron chi connectivity index (χ0n) is 9.63. The summed E-state index contributed by atoms with van der Waals surface area (Å²) in [6, 6.07) is 2.65. The zero-order chi connectivity index (χ0) is 14.6. The lowest BCUT2D eigenvalue weighted by Crippen LogP contribution is -2.19. The number of benzene rings is 1. The van der Waals surface area contributed by atoms with Gasteiger partial charge in [0.2, 0.25) is 0 Å². The quantitative estimate of drug-likeness (QED) is 0.624. The van der Waals surface area contributed by atoms with E-state index in [0.717, 1.165) is 12.1 Å². The number of esters is 1. The monoisotopic (exact) mass is 284 g/mol. The molecule has 0 aromatic heterocycles. The number of hydrogen-bond donors (Lipinski definition) is 0. The maximum absolute atomic E-state index is 12.8. The summed E-state index contributed by atoms with van der Waals surface area (Å²) in [4.78, 5) is 11.4. The smallest absolute Gasteiger partial charge is 0.462 e. The van der Waals surface area contributed by atoms with Crippen molar-refractivity contribution < 1.29 is 36.2 Å². The molecule has 0 N–H and O–H groups in total. The number of ether oxygens (including phenoxy) is 2. The second-order valence-electron chi connectivity index (χ2n) is 3.29. The fourth-order valence-corrected chi connectivity index (χ4v) is 1.37. The van der Waals surface area contributed by atoms with Gasteiger partial charge in [-0.3, -0.25) is 0 Å². The lowest BCUT2D eigenvalue weighted by Gasteiger charge is -2.15. The van der Waals surface area contributed by atoms with Crippen LogP contribution < -0.4 is 4.74 Å². The molecular weight excluding hydrogens is 275 g/mol. The Hall–Kier alpha value is -1.86. The van der Waals surface area contributed by atoms with Gasteiger partial charge in [-0.25, -0.2) is 13.6 Å². The first-order valence-corrected chi connectivity index (χ1v) is 5.10. The molecule has 19 heavy (non-hydrogen) atoms. The number of halogens is 5. The maximum Gasteiger partial charge on any atom is 0.573 e. The minimum Gasteiger partial charge on any atom is -0.462 e. The Morgan fingerprint density at radius 2 is 1.95 bits per heavy atom. The standard InChI is InChI=1S/C11H9F5O3/c1-2-18-10(17)6-4-3-5-7(8(6)9(12)13)19-11(14,15)16/h3-5,9H,2H2,1H3. The summed E-state index contributed by atoms with van der Waals surface area (Å²) in [5.74, 6) is -2.25. The number of hydrogen-bond acceptors (Lipinski definition) is 3. The Morgan fingerprint density at radius 3 is 2.42 bits per heavy atom. The van der Waals surface area contributed by atoms with Crippen LogP contribution in [-0.2, 0) is 4.74 Å². The predicted octanol–water partition coefficient (Wildman–Crippen LogP) is 3.70. The van der Waals surface area contributed by atoms with Crippen LogP contribution >= 0.6 is 0 Å². The van der Waals surface area contributed by atoms with E-state index in [0.29, 0.717) is 6.07 Å². The van der Waals surface area contributed by atoms with Crippen molar-refractivity contribution in [1.29, 1.82) is 0 Å². The molecule has 0 saturated heterocycles. The zero-order valence-corrected chi connectivity index (χ0v) is 9.63. The van der Waals surface area contributed by atoms with Gasteiger partial charge in [0.25, 0.3) is 6.43 Å². The summed E-state index contributed by atoms with van der Waals surface area (Å²) in [5.41, 5.74) is -1.79. The van der Waals surface area contributed by atoms with Crippen molar-refractivity contribution in [2.45, 2.75) is 19.7 Å². The molecule has 0 fully saturated rings. The van der Waals surface area contributed by atoms with E-state index in [1.54, 1.807) is 0 Å². The van der Waals surface area contributed by atoms with Crippen LogP contribution in [0.3, 0.4) is 0 Å². The number of alkyl halides is 5. The molecule has 0 aliphatic heterocycles. The van der Waals surface area contributed by atoms with Gasteiger partial charge >= 0.3 is 12.3 Å². The van der Waals surface area contributed by atoms with Crippen molar-refractivity contribution in [3.63, 3.8) is 0 Å². The first-order chi connectivity index (χ1) is 8.76. The summed E-state index contributed by atoms with van der Waals surface area (Å²) in [5, 5.41) is 0. The van der Waals surface area contributed by atoms with Crippen molar-refractivity contribution >= 4 is 5.97 Å². The van der Waals surface area contributed by atoms with Crippen LogP contribution in [0.2, 0.25) is 0 Å². The van der Waals surface area contributed by atoms with E-state index in [1.165, 1.54) is 6.92 Å². The van der Waals surface area contributed by atoms with Gasteiger partial charge < -0.3 is 9.47 Å². The van der Waals surface area contributed by atoms with Crippen LogP contribution in [0, 0.1) is 0 Å². The largest absolute Gasteiger partial charge is 0.573 e. The Labute approximate surface area is 104 Å². The first-order valence-electron chi connectivity index (χ1n) is 5.10. The molecule has 0 aliphatic rings. The molecule has 0 spiro atoms. The van der Waals surface area contributed by atoms with Crippen molar-refractivity contribution in [2.75, 3.05) is 6.61 Å². The molecule has 8 heteroatoms. The van der Waals surface area contributed by atoms with Crippen LogP contribution in [0.4, 0.5) is 22.0 Å². The average Bonchev–Trinajstić information content (AvgIpc) is 2.26. The normalized spacial score (nSPS) is 11.5. The number of carbonyl (C=O) groups excluding carboxylic acids is 1. The van der Waals surface area contributed by atoms with Gasteiger partial charge in [0.05, 0.1) is 17.7 Å². The molecule has 0 heterocycles. The highest BCUT2D eigenvalue weighted by molar-refractivity contribution is 5.92. The van der Waals surface area contributed by atoms with Gasteiger partial charge in [-0.05, 0) is 19.1 Å². The predicted molar refractivity (Wildman–Crippen MR) is 54.0 cm³/mol. The third kappa shape index (κ3) is 4.08. The van der Waals surface area contributed by atoms with E-state index in [9.17, 15) is 26.7 Å². The Morgan fingerprint density at radius 1 is 1.32 bits per heavy atom. The van der Waals surface area contributed by atoms with E-state index >= 15 is 0 Å². The van der Waals surface area contributed by atoms with Crippen molar-refractivity contribution in [3.05, 3.63) is 29.3 Å². The van der Waals surface area contributed by atoms with Crippen molar-refractivity contribution in [2.24, 2.45) is 0 Å². The minimum absolute atomic E-state index is 0.0914. The van der Waals surface area contributed by atoms with Crippen LogP contribution in [0.15, 0.2) is 18.2 Å². The van der Waals surface area contributed by atoms with E-state index in [2.05, 4.69) is 9.47 Å². The highest BCUT2D eigenvalue weighted by atomic mass is 19.4. The van der Waals surface area contributed by atoms with Gasteiger partial charge in [-0.1, -0.05) is 6.07 Å². The van der Waals surface area contributed by atoms with E-state index in [4.69, 9.17) is 0 Å². The lowest BCUT2D eigenvalue weighted by atomic mass is 10.1. The molecule has 0 amide bonds. The van der Waals surface area contributed by atoms with Crippen LogP contribution in [0.5, 0.6) is 5.75 Å².